The third-order valence-electron chi connectivity index (χ3n) is 8.55. The molecular formula is C34H35ClF3N3O6. The zero-order valence-corrected chi connectivity index (χ0v) is 26.3. The van der Waals surface area contributed by atoms with E-state index < -0.39 is 18.2 Å². The van der Waals surface area contributed by atoms with Gasteiger partial charge in [-0.05, 0) is 92.0 Å². The van der Waals surface area contributed by atoms with Crippen molar-refractivity contribution in [2.45, 2.75) is 38.0 Å². The summed E-state index contributed by atoms with van der Waals surface area (Å²) in [6, 6.07) is 15.0. The van der Waals surface area contributed by atoms with Crippen LogP contribution in [0, 0.1) is 5.92 Å². The highest BCUT2D eigenvalue weighted by Crippen LogP contribution is 2.45. The smallest absolute Gasteiger partial charge is 0.490 e. The van der Waals surface area contributed by atoms with Crippen molar-refractivity contribution in [3.63, 3.8) is 0 Å². The molecule has 2 amide bonds. The lowest BCUT2D eigenvalue weighted by molar-refractivity contribution is -0.192. The van der Waals surface area contributed by atoms with Gasteiger partial charge in [-0.3, -0.25) is 9.59 Å². The number of hydrogen-bond acceptors (Lipinski definition) is 6. The molecule has 2 saturated heterocycles. The summed E-state index contributed by atoms with van der Waals surface area (Å²) < 4.78 is 38.1. The normalized spacial score (nSPS) is 18.2. The molecule has 6 rings (SSSR count). The summed E-state index contributed by atoms with van der Waals surface area (Å²) >= 11 is 6.88. The number of phenolic OH excluding ortho intramolecular Hbond substituents is 1. The fraction of sp³-hybridized carbons (Fsp3) is 0.382. The number of alkyl halides is 3. The Hall–Kier alpha value is -4.29. The minimum atomic E-state index is -5.08. The fourth-order valence-electron chi connectivity index (χ4n) is 6.20. The highest BCUT2D eigenvalue weighted by molar-refractivity contribution is 6.34. The maximum absolute atomic E-state index is 13.8. The molecule has 0 spiro atoms. The topological polar surface area (TPSA) is 111 Å². The molecule has 13 heteroatoms. The Labute approximate surface area is 274 Å². The molecular weight excluding hydrogens is 639 g/mol. The van der Waals surface area contributed by atoms with Crippen molar-refractivity contribution in [1.29, 1.82) is 0 Å². The lowest BCUT2D eigenvalue weighted by Crippen LogP contribution is -2.56. The van der Waals surface area contributed by atoms with Gasteiger partial charge in [0.05, 0.1) is 10.7 Å². The lowest BCUT2D eigenvalue weighted by atomic mass is 9.95. The van der Waals surface area contributed by atoms with Crippen molar-refractivity contribution >= 4 is 45.8 Å². The van der Waals surface area contributed by atoms with Crippen molar-refractivity contribution in [3.05, 3.63) is 66.2 Å². The number of benzene rings is 3. The van der Waals surface area contributed by atoms with Crippen LogP contribution in [0.25, 0.3) is 21.9 Å². The predicted octanol–water partition coefficient (Wildman–Crippen LogP) is 6.11. The first kappa shape index (κ1) is 34.1. The number of aromatic hydroxyl groups is 1. The highest BCUT2D eigenvalue weighted by Gasteiger charge is 2.40. The summed E-state index contributed by atoms with van der Waals surface area (Å²) in [5, 5.41) is 19.9. The molecule has 0 radical (unpaired) electrons. The molecule has 3 aromatic carbocycles. The Morgan fingerprint density at radius 1 is 1.06 bits per heavy atom. The molecule has 2 fully saturated rings. The number of nitrogens with zero attached hydrogens (tertiary/aromatic N) is 3. The Kier molecular flexibility index (Phi) is 10.3. The van der Waals surface area contributed by atoms with Crippen molar-refractivity contribution in [3.8, 4) is 22.6 Å². The Balaban J connectivity index is 0.000000559. The van der Waals surface area contributed by atoms with Gasteiger partial charge in [-0.2, -0.15) is 13.2 Å². The number of carboxylic acid groups (broad SMARTS) is 1. The number of likely N-dealkylation sites (tertiary alicyclic amines) is 2. The van der Waals surface area contributed by atoms with Crippen LogP contribution >= 0.6 is 11.6 Å². The Morgan fingerprint density at radius 2 is 1.74 bits per heavy atom. The zero-order valence-electron chi connectivity index (χ0n) is 25.5. The Morgan fingerprint density at radius 3 is 2.40 bits per heavy atom. The van der Waals surface area contributed by atoms with Gasteiger partial charge in [0.2, 0.25) is 5.91 Å². The maximum Gasteiger partial charge on any atom is 0.490 e. The van der Waals surface area contributed by atoms with E-state index >= 15 is 0 Å². The van der Waals surface area contributed by atoms with Gasteiger partial charge in [0, 0.05) is 31.1 Å². The van der Waals surface area contributed by atoms with Crippen molar-refractivity contribution in [1.82, 2.24) is 9.80 Å². The summed E-state index contributed by atoms with van der Waals surface area (Å²) in [6.07, 6.45) is -0.364. The van der Waals surface area contributed by atoms with E-state index in [9.17, 15) is 27.9 Å². The molecule has 3 aliphatic rings. The maximum atomic E-state index is 13.8. The van der Waals surface area contributed by atoms with Crippen LogP contribution in [-0.4, -0.2) is 89.3 Å². The zero-order chi connectivity index (χ0) is 33.9. The Bertz CT molecular complexity index is 1670. The van der Waals surface area contributed by atoms with E-state index in [1.165, 1.54) is 18.9 Å². The van der Waals surface area contributed by atoms with Crippen LogP contribution in [0.3, 0.4) is 0 Å². The van der Waals surface area contributed by atoms with Gasteiger partial charge in [0.15, 0.2) is 6.10 Å². The van der Waals surface area contributed by atoms with Crippen LogP contribution in [-0.2, 0) is 14.4 Å². The van der Waals surface area contributed by atoms with E-state index in [1.807, 2.05) is 30.3 Å². The molecule has 250 valence electrons. The molecule has 1 unspecified atom stereocenters. The summed E-state index contributed by atoms with van der Waals surface area (Å²) in [4.78, 5) is 40.6. The summed E-state index contributed by atoms with van der Waals surface area (Å²) in [6.45, 7) is 8.44. The number of phenols is 1. The number of rotatable bonds is 8. The number of ether oxygens (including phenoxy) is 1. The van der Waals surface area contributed by atoms with E-state index in [2.05, 4.69) is 11.5 Å². The van der Waals surface area contributed by atoms with Crippen molar-refractivity contribution < 1.29 is 42.5 Å². The first-order valence-electron chi connectivity index (χ1n) is 15.3. The second kappa shape index (κ2) is 14.2. The molecule has 3 aliphatic heterocycles. The SMILES string of the molecule is C=CC(=O)N1CC(CN2C(=O)C(CCCN3CCCC3)Oc3cc(-c4cc(O)cc5ccccc45)c(Cl)cc32)C1.O=C(O)C(F)(F)F. The molecule has 9 nitrogen and oxygen atoms in total. The van der Waals surface area contributed by atoms with Crippen LogP contribution in [0.1, 0.15) is 25.7 Å². The second-order valence-electron chi connectivity index (χ2n) is 11.9. The third-order valence-corrected chi connectivity index (χ3v) is 8.87. The standard InChI is InChI=1S/C32H34ClN3O4.C2HF3O2/c1-2-31(38)35-18-21(19-35)20-36-28-17-27(33)26(25-15-23(37)14-22-8-3-4-9-24(22)25)16-30(28)40-29(32(36)39)10-7-13-34-11-5-6-12-34;3-2(4,5)1(6)7/h2-4,8-9,14-17,21,29,37H,1,5-7,10-13,18-20H2;(H,6,7). The van der Waals surface area contributed by atoms with E-state index in [1.54, 1.807) is 28.0 Å². The average Bonchev–Trinajstić information content (AvgIpc) is 3.53. The molecule has 0 bridgehead atoms. The van der Waals surface area contributed by atoms with Crippen LogP contribution in [0.4, 0.5) is 18.9 Å². The van der Waals surface area contributed by atoms with Crippen LogP contribution in [0.15, 0.2) is 61.2 Å². The van der Waals surface area contributed by atoms with Crippen LogP contribution in [0.5, 0.6) is 11.5 Å². The summed E-state index contributed by atoms with van der Waals surface area (Å²) in [5.74, 6) is -1.98. The summed E-state index contributed by atoms with van der Waals surface area (Å²) in [5.41, 5.74) is 2.19. The summed E-state index contributed by atoms with van der Waals surface area (Å²) in [7, 11) is 0. The van der Waals surface area contributed by atoms with Gasteiger partial charge in [-0.25, -0.2) is 4.79 Å². The predicted molar refractivity (Wildman–Crippen MR) is 172 cm³/mol. The van der Waals surface area contributed by atoms with Crippen molar-refractivity contribution in [2.75, 3.05) is 44.2 Å². The molecule has 2 N–H and O–H groups in total. The highest BCUT2D eigenvalue weighted by atomic mass is 35.5. The quantitative estimate of drug-likeness (QED) is 0.278. The molecule has 47 heavy (non-hydrogen) atoms. The third kappa shape index (κ3) is 7.82. The minimum Gasteiger partial charge on any atom is -0.508 e. The van der Waals surface area contributed by atoms with E-state index in [0.717, 1.165) is 48.0 Å². The first-order valence-corrected chi connectivity index (χ1v) is 15.7. The fourth-order valence-corrected chi connectivity index (χ4v) is 6.46. The first-order chi connectivity index (χ1) is 22.3. The minimum absolute atomic E-state index is 0.0611. The van der Waals surface area contributed by atoms with E-state index in [4.69, 9.17) is 26.2 Å². The lowest BCUT2D eigenvalue weighted by Gasteiger charge is -2.43. The average molecular weight is 674 g/mol. The number of carbonyl (C=O) groups excluding carboxylic acids is 2. The number of amides is 2. The van der Waals surface area contributed by atoms with Gasteiger partial charge >= 0.3 is 12.1 Å². The number of anilines is 1. The molecule has 1 atom stereocenters. The van der Waals surface area contributed by atoms with Gasteiger partial charge in [0.25, 0.3) is 5.91 Å². The van der Waals surface area contributed by atoms with Crippen LogP contribution < -0.4 is 9.64 Å². The van der Waals surface area contributed by atoms with Crippen molar-refractivity contribution in [2.24, 2.45) is 5.92 Å². The number of halogens is 4. The number of carboxylic acids is 1. The molecule has 0 aromatic heterocycles. The molecule has 0 saturated carbocycles. The van der Waals surface area contributed by atoms with Gasteiger partial charge in [-0.15, -0.1) is 0 Å². The van der Waals surface area contributed by atoms with E-state index in [0.29, 0.717) is 42.5 Å². The largest absolute Gasteiger partial charge is 0.508 e. The molecule has 0 aliphatic carbocycles. The van der Waals surface area contributed by atoms with Crippen LogP contribution in [0.2, 0.25) is 5.02 Å². The van der Waals surface area contributed by atoms with E-state index in [-0.39, 0.29) is 23.5 Å². The number of carbonyl (C=O) groups is 3. The monoisotopic (exact) mass is 673 g/mol. The second-order valence-corrected chi connectivity index (χ2v) is 12.3. The molecule has 3 aromatic rings. The number of aliphatic carboxylic acids is 1. The van der Waals surface area contributed by atoms with Gasteiger partial charge < -0.3 is 29.6 Å². The number of fused-ring (bicyclic) bond motifs is 2. The van der Waals surface area contributed by atoms with Gasteiger partial charge in [0.1, 0.15) is 11.5 Å². The number of hydrogen-bond donors (Lipinski definition) is 2. The van der Waals surface area contributed by atoms with Gasteiger partial charge in [-0.1, -0.05) is 42.4 Å². The molecule has 3 heterocycles.